The maximum Gasteiger partial charge on any atom is 0.0408 e. The molecule has 1 heteroatoms. The molecule has 0 spiro atoms. The highest BCUT2D eigenvalue weighted by Gasteiger charge is 2.14. The first-order valence-electron chi connectivity index (χ1n) is 5.68. The van der Waals surface area contributed by atoms with E-state index in [2.05, 4.69) is 37.4 Å². The average Bonchev–Trinajstić information content (AvgIpc) is 2.27. The van der Waals surface area contributed by atoms with Crippen LogP contribution in [0.5, 0.6) is 0 Å². The van der Waals surface area contributed by atoms with Gasteiger partial charge in [-0.2, -0.15) is 0 Å². The molecule has 0 amide bonds. The molecule has 1 unspecified atom stereocenters. The number of benzene rings is 1. The number of rotatable bonds is 2. The van der Waals surface area contributed by atoms with Crippen molar-refractivity contribution in [2.75, 3.05) is 11.9 Å². The monoisotopic (exact) mass is 189 g/mol. The highest BCUT2D eigenvalue weighted by atomic mass is 14.9. The second-order valence-corrected chi connectivity index (χ2v) is 4.22. The Morgan fingerprint density at radius 3 is 3.07 bits per heavy atom. The fraction of sp³-hybridized carbons (Fsp3) is 0.538. The Morgan fingerprint density at radius 1 is 1.43 bits per heavy atom. The predicted octanol–water partition coefficient (Wildman–Crippen LogP) is 3.56. The fourth-order valence-corrected chi connectivity index (χ4v) is 2.17. The summed E-state index contributed by atoms with van der Waals surface area (Å²) in [5.74, 6) is 0.676. The summed E-state index contributed by atoms with van der Waals surface area (Å²) >= 11 is 0. The Kier molecular flexibility index (Phi) is 2.76. The third-order valence-corrected chi connectivity index (χ3v) is 3.25. The van der Waals surface area contributed by atoms with Gasteiger partial charge in [0.05, 0.1) is 0 Å². The van der Waals surface area contributed by atoms with E-state index in [9.17, 15) is 0 Å². The summed E-state index contributed by atoms with van der Waals surface area (Å²) in [5.41, 5.74) is 4.44. The minimum Gasteiger partial charge on any atom is -0.385 e. The van der Waals surface area contributed by atoms with Gasteiger partial charge in [-0.05, 0) is 36.3 Å². The largest absolute Gasteiger partial charge is 0.385 e. The molecule has 1 nitrogen and oxygen atoms in total. The molecule has 1 aromatic carbocycles. The van der Waals surface area contributed by atoms with E-state index in [0.29, 0.717) is 5.92 Å². The van der Waals surface area contributed by atoms with Crippen LogP contribution in [0.4, 0.5) is 5.69 Å². The van der Waals surface area contributed by atoms with Crippen molar-refractivity contribution in [2.24, 2.45) is 0 Å². The molecule has 76 valence electrons. The standard InChI is InChI=1S/C13H19N/c1-3-10(2)12-8-4-6-11-7-5-9-14-13(11)12/h4,6,8,10,14H,3,5,7,9H2,1-2H3. The van der Waals surface area contributed by atoms with Gasteiger partial charge in [0, 0.05) is 12.2 Å². The second-order valence-electron chi connectivity index (χ2n) is 4.22. The highest BCUT2D eigenvalue weighted by Crippen LogP contribution is 2.32. The quantitative estimate of drug-likeness (QED) is 0.750. The summed E-state index contributed by atoms with van der Waals surface area (Å²) < 4.78 is 0. The molecule has 0 bridgehead atoms. The maximum atomic E-state index is 3.55. The summed E-state index contributed by atoms with van der Waals surface area (Å²) in [6.45, 7) is 5.71. The lowest BCUT2D eigenvalue weighted by Crippen LogP contribution is -2.14. The van der Waals surface area contributed by atoms with Crippen molar-refractivity contribution in [1.82, 2.24) is 0 Å². The molecule has 1 aliphatic heterocycles. The van der Waals surface area contributed by atoms with E-state index >= 15 is 0 Å². The average molecular weight is 189 g/mol. The lowest BCUT2D eigenvalue weighted by molar-refractivity contribution is 0.725. The molecule has 0 fully saturated rings. The molecule has 2 rings (SSSR count). The van der Waals surface area contributed by atoms with Crippen LogP contribution in [0, 0.1) is 0 Å². The smallest absolute Gasteiger partial charge is 0.0408 e. The van der Waals surface area contributed by atoms with Crippen LogP contribution in [0.2, 0.25) is 0 Å². The van der Waals surface area contributed by atoms with Crippen molar-refractivity contribution < 1.29 is 0 Å². The van der Waals surface area contributed by atoms with E-state index < -0.39 is 0 Å². The van der Waals surface area contributed by atoms with Gasteiger partial charge in [-0.15, -0.1) is 0 Å². The normalized spacial score (nSPS) is 17.0. The lowest BCUT2D eigenvalue weighted by atomic mass is 9.91. The van der Waals surface area contributed by atoms with Crippen molar-refractivity contribution in [2.45, 2.75) is 39.0 Å². The van der Waals surface area contributed by atoms with E-state index in [1.54, 1.807) is 0 Å². The number of hydrogen-bond donors (Lipinski definition) is 1. The van der Waals surface area contributed by atoms with E-state index in [1.165, 1.54) is 36.1 Å². The van der Waals surface area contributed by atoms with Crippen LogP contribution in [-0.2, 0) is 6.42 Å². The molecular weight excluding hydrogens is 170 g/mol. The Morgan fingerprint density at radius 2 is 2.29 bits per heavy atom. The number of aryl methyl sites for hydroxylation is 1. The Labute approximate surface area is 86.5 Å². The van der Waals surface area contributed by atoms with Gasteiger partial charge in [0.15, 0.2) is 0 Å². The highest BCUT2D eigenvalue weighted by molar-refractivity contribution is 5.60. The molecule has 1 heterocycles. The molecule has 1 atom stereocenters. The zero-order chi connectivity index (χ0) is 9.97. The topological polar surface area (TPSA) is 12.0 Å². The zero-order valence-corrected chi connectivity index (χ0v) is 9.14. The second kappa shape index (κ2) is 4.04. The van der Waals surface area contributed by atoms with Crippen LogP contribution >= 0.6 is 0 Å². The third kappa shape index (κ3) is 1.63. The summed E-state index contributed by atoms with van der Waals surface area (Å²) in [7, 11) is 0. The van der Waals surface area contributed by atoms with Crippen molar-refractivity contribution in [1.29, 1.82) is 0 Å². The molecule has 1 N–H and O–H groups in total. The summed E-state index contributed by atoms with van der Waals surface area (Å²) in [6, 6.07) is 6.73. The SMILES string of the molecule is CCC(C)c1cccc2c1NCCC2. The van der Waals surface area contributed by atoms with Crippen molar-refractivity contribution >= 4 is 5.69 Å². The maximum absolute atomic E-state index is 3.55. The molecule has 0 aromatic heterocycles. The van der Waals surface area contributed by atoms with Gasteiger partial charge in [0.2, 0.25) is 0 Å². The number of hydrogen-bond acceptors (Lipinski definition) is 1. The van der Waals surface area contributed by atoms with Crippen LogP contribution < -0.4 is 5.32 Å². The van der Waals surface area contributed by atoms with Gasteiger partial charge < -0.3 is 5.32 Å². The van der Waals surface area contributed by atoms with Crippen LogP contribution in [0.25, 0.3) is 0 Å². The molecule has 0 radical (unpaired) electrons. The lowest BCUT2D eigenvalue weighted by Gasteiger charge is -2.23. The minimum atomic E-state index is 0.676. The first kappa shape index (κ1) is 9.57. The van der Waals surface area contributed by atoms with E-state index in [0.717, 1.165) is 6.54 Å². The first-order chi connectivity index (χ1) is 6.83. The summed E-state index contributed by atoms with van der Waals surface area (Å²) in [6.07, 6.45) is 3.74. The number of nitrogens with one attached hydrogen (secondary N) is 1. The number of anilines is 1. The predicted molar refractivity (Wildman–Crippen MR) is 62.0 cm³/mol. The summed E-state index contributed by atoms with van der Waals surface area (Å²) in [4.78, 5) is 0. The molecule has 0 aliphatic carbocycles. The van der Waals surface area contributed by atoms with E-state index in [4.69, 9.17) is 0 Å². The van der Waals surface area contributed by atoms with Crippen molar-refractivity contribution in [3.63, 3.8) is 0 Å². The number of para-hydroxylation sites is 1. The molecule has 0 saturated carbocycles. The van der Waals surface area contributed by atoms with Gasteiger partial charge in [-0.1, -0.05) is 32.0 Å². The van der Waals surface area contributed by atoms with Crippen LogP contribution in [-0.4, -0.2) is 6.54 Å². The number of fused-ring (bicyclic) bond motifs is 1. The van der Waals surface area contributed by atoms with Gasteiger partial charge in [0.1, 0.15) is 0 Å². The molecular formula is C13H19N. The Balaban J connectivity index is 2.39. The minimum absolute atomic E-state index is 0.676. The molecule has 0 saturated heterocycles. The third-order valence-electron chi connectivity index (χ3n) is 3.25. The zero-order valence-electron chi connectivity index (χ0n) is 9.14. The van der Waals surface area contributed by atoms with Gasteiger partial charge in [-0.25, -0.2) is 0 Å². The first-order valence-corrected chi connectivity index (χ1v) is 5.68. The van der Waals surface area contributed by atoms with Crippen molar-refractivity contribution in [3.05, 3.63) is 29.3 Å². The fourth-order valence-electron chi connectivity index (χ4n) is 2.17. The molecule has 1 aliphatic rings. The van der Waals surface area contributed by atoms with Gasteiger partial charge in [0.25, 0.3) is 0 Å². The molecule has 14 heavy (non-hydrogen) atoms. The Hall–Kier alpha value is -0.980. The van der Waals surface area contributed by atoms with Crippen LogP contribution in [0.15, 0.2) is 18.2 Å². The summed E-state index contributed by atoms with van der Waals surface area (Å²) in [5, 5.41) is 3.55. The van der Waals surface area contributed by atoms with E-state index in [1.807, 2.05) is 0 Å². The van der Waals surface area contributed by atoms with Gasteiger partial charge >= 0.3 is 0 Å². The van der Waals surface area contributed by atoms with Crippen LogP contribution in [0.3, 0.4) is 0 Å². The van der Waals surface area contributed by atoms with Gasteiger partial charge in [-0.3, -0.25) is 0 Å². The van der Waals surface area contributed by atoms with Crippen molar-refractivity contribution in [3.8, 4) is 0 Å². The Bertz CT molecular complexity index is 317. The molecule has 1 aromatic rings. The van der Waals surface area contributed by atoms with E-state index in [-0.39, 0.29) is 0 Å². The van der Waals surface area contributed by atoms with Crippen LogP contribution in [0.1, 0.15) is 43.7 Å².